The number of ether oxygens (including phenoxy) is 12. The Labute approximate surface area is 256 Å². The van der Waals surface area contributed by atoms with Crippen LogP contribution < -0.4 is 0 Å². The maximum Gasteiger partial charge on any atom is 0.220 e. The van der Waals surface area contributed by atoms with E-state index >= 15 is 0 Å². The second-order valence-corrected chi connectivity index (χ2v) is 11.2. The molecule has 44 heavy (non-hydrogen) atoms. The van der Waals surface area contributed by atoms with E-state index in [1.54, 1.807) is 27.7 Å². The van der Waals surface area contributed by atoms with Gasteiger partial charge in [0, 0.05) is 52.5 Å². The molecule has 0 saturated carbocycles. The highest BCUT2D eigenvalue weighted by Gasteiger charge is 2.63. The molecule has 0 aromatic heterocycles. The van der Waals surface area contributed by atoms with Crippen LogP contribution in [0.5, 0.6) is 0 Å². The van der Waals surface area contributed by atoms with Crippen molar-refractivity contribution in [3.8, 4) is 0 Å². The van der Waals surface area contributed by atoms with Gasteiger partial charge < -0.3 is 56.8 Å². The van der Waals surface area contributed by atoms with E-state index in [1.165, 1.54) is 42.7 Å². The molecule has 252 valence electrons. The van der Waals surface area contributed by atoms with Gasteiger partial charge >= 0.3 is 0 Å². The Hall–Kier alpha value is -1.86. The number of rotatable bonds is 8. The van der Waals surface area contributed by atoms with E-state index in [-0.39, 0.29) is 12.2 Å². The van der Waals surface area contributed by atoms with Crippen LogP contribution in [0.3, 0.4) is 0 Å². The van der Waals surface area contributed by atoms with Gasteiger partial charge in [0.2, 0.25) is 23.1 Å². The average molecular weight is 635 g/mol. The van der Waals surface area contributed by atoms with Gasteiger partial charge in [-0.05, 0) is 52.6 Å². The molecule has 4 aliphatic heterocycles. The molecule has 0 bridgehead atoms. The third-order valence-corrected chi connectivity index (χ3v) is 8.99. The number of nitrogens with zero attached hydrogens (tertiary/aromatic N) is 6. The Bertz CT molecular complexity index is 1000. The molecule has 4 fully saturated rings. The van der Waals surface area contributed by atoms with Crippen molar-refractivity contribution in [2.75, 3.05) is 42.7 Å². The summed E-state index contributed by atoms with van der Waals surface area (Å²) in [4.78, 5) is 5.72. The van der Waals surface area contributed by atoms with E-state index < -0.39 is 72.2 Å². The van der Waals surface area contributed by atoms with Crippen LogP contribution in [0, 0.1) is 0 Å². The SMILES string of the molecule is CO[C@@H]1O[C@@H](C)[C@@H]2O[C@@](C)(OC)[C@](C)(OC)O[C@H]2[C@@H]1N=[N+]=[N-].CO[C@@H]1O[C@@H](C)[C@@H]2O[C@@](C)(OC)[C@](C)(OC)O[C@H]2[C@@H]1N=[N+]=[N-]. The first-order chi connectivity index (χ1) is 20.7. The predicted octanol–water partition coefficient (Wildman–Crippen LogP) is 3.13. The van der Waals surface area contributed by atoms with Crippen LogP contribution in [-0.2, 0) is 56.8 Å². The third kappa shape index (κ3) is 6.38. The summed E-state index contributed by atoms with van der Waals surface area (Å²) in [6.45, 7) is 10.5. The largest absolute Gasteiger partial charge is 0.355 e. The van der Waals surface area contributed by atoms with Gasteiger partial charge in [-0.1, -0.05) is 10.2 Å². The monoisotopic (exact) mass is 634 g/mol. The van der Waals surface area contributed by atoms with Gasteiger partial charge in [0.15, 0.2) is 12.6 Å². The second kappa shape index (κ2) is 14.3. The van der Waals surface area contributed by atoms with Crippen molar-refractivity contribution in [1.82, 2.24) is 0 Å². The molecule has 4 rings (SSSR count). The molecule has 4 saturated heterocycles. The number of azide groups is 2. The van der Waals surface area contributed by atoms with Gasteiger partial charge in [0.1, 0.15) is 36.5 Å². The zero-order valence-electron chi connectivity index (χ0n) is 27.4. The van der Waals surface area contributed by atoms with Crippen molar-refractivity contribution < 1.29 is 56.8 Å². The molecule has 0 unspecified atom stereocenters. The lowest BCUT2D eigenvalue weighted by Gasteiger charge is -2.56. The normalized spacial score (nSPS) is 48.4. The average Bonchev–Trinajstić information content (AvgIpc) is 3.02. The van der Waals surface area contributed by atoms with Crippen LogP contribution >= 0.6 is 0 Å². The number of hydrogen-bond donors (Lipinski definition) is 0. The standard InChI is InChI=1S/2C13H23N3O6/c2*1-7-9-10(8(15-16-14)11(17-4)20-7)22-13(3,19-6)12(2,18-5)21-9/h2*7-11H,1-6H3/t2*7-,8-,9-,10-,11+,12+,13+/m00/s1. The van der Waals surface area contributed by atoms with Gasteiger partial charge in [-0.15, -0.1) is 0 Å². The summed E-state index contributed by atoms with van der Waals surface area (Å²) in [6, 6.07) is -1.40. The third-order valence-electron chi connectivity index (χ3n) is 8.99. The van der Waals surface area contributed by atoms with Crippen molar-refractivity contribution >= 4 is 0 Å². The molecule has 0 aliphatic carbocycles. The molecule has 14 atom stereocenters. The zero-order valence-corrected chi connectivity index (χ0v) is 27.4. The molecular formula is C26H46N6O12. The first-order valence-electron chi connectivity index (χ1n) is 14.1. The molecule has 0 N–H and O–H groups in total. The van der Waals surface area contributed by atoms with Crippen LogP contribution in [0.4, 0.5) is 0 Å². The van der Waals surface area contributed by atoms with Gasteiger partial charge in [-0.25, -0.2) is 0 Å². The maximum atomic E-state index is 8.82. The van der Waals surface area contributed by atoms with Crippen molar-refractivity contribution in [1.29, 1.82) is 0 Å². The lowest BCUT2D eigenvalue weighted by molar-refractivity contribution is -0.469. The Morgan fingerprint density at radius 2 is 0.795 bits per heavy atom. The Morgan fingerprint density at radius 3 is 1.02 bits per heavy atom. The quantitative estimate of drug-likeness (QED) is 0.214. The molecule has 4 heterocycles. The van der Waals surface area contributed by atoms with Crippen molar-refractivity contribution in [2.24, 2.45) is 10.2 Å². The molecule has 4 aliphatic rings. The molecule has 0 aromatic rings. The Morgan fingerprint density at radius 1 is 0.523 bits per heavy atom. The Kier molecular flexibility index (Phi) is 11.9. The summed E-state index contributed by atoms with van der Waals surface area (Å²) < 4.78 is 68.2. The zero-order chi connectivity index (χ0) is 33.1. The molecule has 0 amide bonds. The number of methoxy groups -OCH3 is 6. The lowest BCUT2D eigenvalue weighted by atomic mass is 9.93. The van der Waals surface area contributed by atoms with Crippen LogP contribution in [0.15, 0.2) is 10.2 Å². The van der Waals surface area contributed by atoms with Crippen LogP contribution in [0.1, 0.15) is 41.5 Å². The minimum Gasteiger partial charge on any atom is -0.355 e. The van der Waals surface area contributed by atoms with E-state index in [1.807, 2.05) is 13.8 Å². The minimum atomic E-state index is -1.18. The number of hydrogen-bond acceptors (Lipinski definition) is 14. The van der Waals surface area contributed by atoms with Gasteiger partial charge in [0.05, 0.1) is 12.2 Å². The lowest BCUT2D eigenvalue weighted by Crippen LogP contribution is -2.72. The highest BCUT2D eigenvalue weighted by atomic mass is 16.8. The van der Waals surface area contributed by atoms with Crippen LogP contribution in [-0.4, -0.2) is 127 Å². The van der Waals surface area contributed by atoms with Crippen molar-refractivity contribution in [2.45, 2.75) is 126 Å². The topological polar surface area (TPSA) is 208 Å². The first kappa shape index (κ1) is 36.6. The van der Waals surface area contributed by atoms with E-state index in [9.17, 15) is 0 Å². The highest BCUT2D eigenvalue weighted by Crippen LogP contribution is 2.45. The molecule has 0 radical (unpaired) electrons. The fourth-order valence-corrected chi connectivity index (χ4v) is 5.72. The second-order valence-electron chi connectivity index (χ2n) is 11.2. The summed E-state index contributed by atoms with van der Waals surface area (Å²) in [5, 5.41) is 7.51. The van der Waals surface area contributed by atoms with Crippen LogP contribution in [0.25, 0.3) is 20.9 Å². The fourth-order valence-electron chi connectivity index (χ4n) is 5.72. The van der Waals surface area contributed by atoms with Gasteiger partial charge in [-0.3, -0.25) is 0 Å². The summed E-state index contributed by atoms with van der Waals surface area (Å²) in [6.07, 6.45) is -4.26. The smallest absolute Gasteiger partial charge is 0.220 e. The van der Waals surface area contributed by atoms with E-state index in [0.29, 0.717) is 0 Å². The first-order valence-corrected chi connectivity index (χ1v) is 14.1. The molecular weight excluding hydrogens is 588 g/mol. The summed E-state index contributed by atoms with van der Waals surface area (Å²) in [7, 11) is 8.99. The molecule has 18 heteroatoms. The number of fused-ring (bicyclic) bond motifs is 2. The Balaban J connectivity index is 0.000000240. The van der Waals surface area contributed by atoms with Crippen molar-refractivity contribution in [3.63, 3.8) is 0 Å². The molecule has 0 aromatic carbocycles. The summed E-state index contributed by atoms with van der Waals surface area (Å²) >= 11 is 0. The van der Waals surface area contributed by atoms with E-state index in [0.717, 1.165) is 0 Å². The van der Waals surface area contributed by atoms with Gasteiger partial charge in [0.25, 0.3) is 0 Å². The molecule has 0 spiro atoms. The van der Waals surface area contributed by atoms with Crippen LogP contribution in [0.2, 0.25) is 0 Å². The maximum absolute atomic E-state index is 8.82. The predicted molar refractivity (Wildman–Crippen MR) is 150 cm³/mol. The fraction of sp³-hybridized carbons (Fsp3) is 1.00. The van der Waals surface area contributed by atoms with Crippen molar-refractivity contribution in [3.05, 3.63) is 20.9 Å². The van der Waals surface area contributed by atoms with E-state index in [4.69, 9.17) is 67.9 Å². The molecule has 18 nitrogen and oxygen atoms in total. The minimum absolute atomic E-state index is 0.337. The highest BCUT2D eigenvalue weighted by molar-refractivity contribution is 5.03. The summed E-state index contributed by atoms with van der Waals surface area (Å²) in [5.41, 5.74) is 17.6. The van der Waals surface area contributed by atoms with Gasteiger partial charge in [-0.2, -0.15) is 0 Å². The summed E-state index contributed by atoms with van der Waals surface area (Å²) in [5.74, 6) is -4.63. The van der Waals surface area contributed by atoms with E-state index in [2.05, 4.69) is 20.1 Å².